The van der Waals surface area contributed by atoms with Crippen LogP contribution in [0, 0.1) is 0 Å². The minimum atomic E-state index is -3.73. The Kier molecular flexibility index (Phi) is 7.87. The molecule has 29 heavy (non-hydrogen) atoms. The van der Waals surface area contributed by atoms with Crippen molar-refractivity contribution in [1.29, 1.82) is 0 Å². The first-order chi connectivity index (χ1) is 13.8. The van der Waals surface area contributed by atoms with E-state index in [1.54, 1.807) is 48.5 Å². The molecule has 0 aliphatic carbocycles. The predicted octanol–water partition coefficient (Wildman–Crippen LogP) is 0.748. The summed E-state index contributed by atoms with van der Waals surface area (Å²) >= 11 is 0. The molecule has 0 fully saturated rings. The van der Waals surface area contributed by atoms with Gasteiger partial charge in [-0.25, -0.2) is 13.1 Å². The van der Waals surface area contributed by atoms with E-state index in [1.807, 2.05) is 0 Å². The predicted molar refractivity (Wildman–Crippen MR) is 104 cm³/mol. The van der Waals surface area contributed by atoms with Crippen molar-refractivity contribution >= 4 is 27.8 Å². The molecule has 0 heterocycles. The molecule has 0 radical (unpaired) electrons. The van der Waals surface area contributed by atoms with Gasteiger partial charge in [-0.1, -0.05) is 36.4 Å². The highest BCUT2D eigenvalue weighted by atomic mass is 32.2. The molecule has 154 valence electrons. The molecule has 0 aliphatic rings. The fourth-order valence-corrected chi connectivity index (χ4v) is 3.21. The maximum atomic E-state index is 12.0. The van der Waals surface area contributed by atoms with Gasteiger partial charge in [0.2, 0.25) is 10.0 Å². The Morgan fingerprint density at radius 3 is 2.14 bits per heavy atom. The molecular formula is C19H21N3O6S. The van der Waals surface area contributed by atoms with Crippen LogP contribution in [0.2, 0.25) is 0 Å². The third kappa shape index (κ3) is 7.01. The minimum absolute atomic E-state index is 0.0790. The number of hydrogen-bond donors (Lipinski definition) is 3. The molecule has 0 saturated carbocycles. The normalized spacial score (nSPS) is 11.9. The smallest absolute Gasteiger partial charge is 0.307 e. The number of carbonyl (C=O) groups is 3. The zero-order valence-corrected chi connectivity index (χ0v) is 16.4. The van der Waals surface area contributed by atoms with Crippen LogP contribution in [-0.2, 0) is 24.3 Å². The second kappa shape index (κ2) is 10.3. The summed E-state index contributed by atoms with van der Waals surface area (Å²) in [6.07, 6.45) is -1.44. The van der Waals surface area contributed by atoms with E-state index >= 15 is 0 Å². The summed E-state index contributed by atoms with van der Waals surface area (Å²) in [5.41, 5.74) is 4.72. The fraction of sp³-hybridized carbons (Fsp3) is 0.211. The lowest BCUT2D eigenvalue weighted by atomic mass is 10.2. The van der Waals surface area contributed by atoms with Gasteiger partial charge in [0.15, 0.2) is 6.10 Å². The maximum Gasteiger partial charge on any atom is 0.307 e. The van der Waals surface area contributed by atoms with E-state index in [1.165, 1.54) is 19.1 Å². The largest absolute Gasteiger partial charge is 0.452 e. The Bertz CT molecular complexity index is 948. The average molecular weight is 419 g/mol. The molecule has 3 N–H and O–H groups in total. The Morgan fingerprint density at radius 2 is 1.52 bits per heavy atom. The topological polar surface area (TPSA) is 131 Å². The summed E-state index contributed by atoms with van der Waals surface area (Å²) < 4.78 is 31.3. The second-order valence-corrected chi connectivity index (χ2v) is 7.67. The van der Waals surface area contributed by atoms with Crippen LogP contribution in [0.3, 0.4) is 0 Å². The zero-order valence-electron chi connectivity index (χ0n) is 15.6. The number of sulfonamides is 1. The molecular weight excluding hydrogens is 398 g/mol. The Balaban J connectivity index is 1.72. The highest BCUT2D eigenvalue weighted by molar-refractivity contribution is 7.89. The van der Waals surface area contributed by atoms with Gasteiger partial charge in [-0.3, -0.25) is 25.2 Å². The van der Waals surface area contributed by atoms with Crippen molar-refractivity contribution in [2.24, 2.45) is 0 Å². The molecule has 1 atom stereocenters. The van der Waals surface area contributed by atoms with Crippen LogP contribution < -0.4 is 15.6 Å². The third-order valence-electron chi connectivity index (χ3n) is 3.69. The van der Waals surface area contributed by atoms with Crippen LogP contribution in [0.1, 0.15) is 23.7 Å². The average Bonchev–Trinajstić information content (AvgIpc) is 2.72. The molecule has 0 unspecified atom stereocenters. The summed E-state index contributed by atoms with van der Waals surface area (Å²) in [5.74, 6) is -2.02. The van der Waals surface area contributed by atoms with Crippen LogP contribution in [0.15, 0.2) is 65.6 Å². The molecule has 0 aliphatic heterocycles. The molecule has 2 amide bonds. The second-order valence-electron chi connectivity index (χ2n) is 5.90. The summed E-state index contributed by atoms with van der Waals surface area (Å²) in [4.78, 5) is 35.7. The summed E-state index contributed by atoms with van der Waals surface area (Å²) in [7, 11) is -3.73. The van der Waals surface area contributed by atoms with Gasteiger partial charge in [-0.15, -0.1) is 0 Å². The van der Waals surface area contributed by atoms with Crippen molar-refractivity contribution in [2.45, 2.75) is 24.3 Å². The number of hydrazine groups is 1. The number of benzene rings is 2. The van der Waals surface area contributed by atoms with Gasteiger partial charge in [0.05, 0.1) is 11.3 Å². The quantitative estimate of drug-likeness (QED) is 0.427. The van der Waals surface area contributed by atoms with Gasteiger partial charge in [0, 0.05) is 12.1 Å². The number of rotatable bonds is 8. The first-order valence-electron chi connectivity index (χ1n) is 8.69. The number of hydrogen-bond acceptors (Lipinski definition) is 6. The molecule has 0 saturated heterocycles. The molecule has 0 bridgehead atoms. The van der Waals surface area contributed by atoms with Gasteiger partial charge in [-0.2, -0.15) is 0 Å². The van der Waals surface area contributed by atoms with Gasteiger partial charge >= 0.3 is 5.97 Å². The lowest BCUT2D eigenvalue weighted by Crippen LogP contribution is -2.46. The van der Waals surface area contributed by atoms with Crippen LogP contribution in [0.25, 0.3) is 0 Å². The van der Waals surface area contributed by atoms with Crippen molar-refractivity contribution in [3.05, 3.63) is 66.2 Å². The first kappa shape index (κ1) is 22.1. The Labute approximate surface area is 168 Å². The molecule has 0 spiro atoms. The molecule has 2 rings (SSSR count). The van der Waals surface area contributed by atoms with E-state index in [9.17, 15) is 22.8 Å². The SMILES string of the molecule is C[C@@H](OC(=O)CCNS(=O)(=O)c1ccccc1)C(=O)NNC(=O)c1ccccc1. The van der Waals surface area contributed by atoms with Gasteiger partial charge in [0.1, 0.15) is 0 Å². The van der Waals surface area contributed by atoms with Crippen molar-refractivity contribution in [3.63, 3.8) is 0 Å². The highest BCUT2D eigenvalue weighted by Crippen LogP contribution is 2.07. The van der Waals surface area contributed by atoms with Gasteiger partial charge < -0.3 is 4.74 Å². The van der Waals surface area contributed by atoms with E-state index < -0.39 is 33.9 Å². The van der Waals surface area contributed by atoms with Crippen LogP contribution >= 0.6 is 0 Å². The fourth-order valence-electron chi connectivity index (χ4n) is 2.16. The molecule has 9 nitrogen and oxygen atoms in total. The summed E-state index contributed by atoms with van der Waals surface area (Å²) in [6.45, 7) is 1.14. The van der Waals surface area contributed by atoms with Crippen molar-refractivity contribution in [1.82, 2.24) is 15.6 Å². The number of nitrogens with one attached hydrogen (secondary N) is 3. The van der Waals surface area contributed by atoms with Crippen LogP contribution in [0.4, 0.5) is 0 Å². The van der Waals surface area contributed by atoms with Crippen molar-refractivity contribution in [2.75, 3.05) is 6.54 Å². The monoisotopic (exact) mass is 419 g/mol. The molecule has 2 aromatic rings. The molecule has 0 aromatic heterocycles. The summed E-state index contributed by atoms with van der Waals surface area (Å²) in [5, 5.41) is 0. The molecule has 2 aromatic carbocycles. The number of esters is 1. The van der Waals surface area contributed by atoms with Crippen molar-refractivity contribution in [3.8, 4) is 0 Å². The van der Waals surface area contributed by atoms with E-state index in [0.29, 0.717) is 5.56 Å². The Morgan fingerprint density at radius 1 is 0.931 bits per heavy atom. The molecule has 10 heteroatoms. The third-order valence-corrected chi connectivity index (χ3v) is 5.16. The van der Waals surface area contributed by atoms with E-state index in [4.69, 9.17) is 4.74 Å². The van der Waals surface area contributed by atoms with Crippen molar-refractivity contribution < 1.29 is 27.5 Å². The number of ether oxygens (including phenoxy) is 1. The zero-order chi connectivity index (χ0) is 21.3. The van der Waals surface area contributed by atoms with E-state index in [2.05, 4.69) is 15.6 Å². The van der Waals surface area contributed by atoms with Gasteiger partial charge in [-0.05, 0) is 31.2 Å². The minimum Gasteiger partial charge on any atom is -0.452 e. The Hall–Kier alpha value is -3.24. The standard InChI is InChI=1S/C19H21N3O6S/c1-14(18(24)21-22-19(25)15-8-4-2-5-9-15)28-17(23)12-13-20-29(26,27)16-10-6-3-7-11-16/h2-11,14,20H,12-13H2,1H3,(H,21,24)(H,22,25)/t14-/m1/s1. The van der Waals surface area contributed by atoms with E-state index in [0.717, 1.165) is 0 Å². The van der Waals surface area contributed by atoms with Crippen LogP contribution in [0.5, 0.6) is 0 Å². The summed E-state index contributed by atoms with van der Waals surface area (Å²) in [6, 6.07) is 15.9. The van der Waals surface area contributed by atoms with Gasteiger partial charge in [0.25, 0.3) is 11.8 Å². The maximum absolute atomic E-state index is 12.0. The highest BCUT2D eigenvalue weighted by Gasteiger charge is 2.19. The number of amides is 2. The number of carbonyl (C=O) groups excluding carboxylic acids is 3. The lowest BCUT2D eigenvalue weighted by molar-refractivity contribution is -0.154. The lowest BCUT2D eigenvalue weighted by Gasteiger charge is -2.14. The van der Waals surface area contributed by atoms with E-state index in [-0.39, 0.29) is 17.9 Å². The van der Waals surface area contributed by atoms with Crippen LogP contribution in [-0.4, -0.2) is 38.9 Å². The first-order valence-corrected chi connectivity index (χ1v) is 10.2.